The summed E-state index contributed by atoms with van der Waals surface area (Å²) in [6, 6.07) is 2.94. The van der Waals surface area contributed by atoms with Gasteiger partial charge >= 0.3 is 6.18 Å². The molecule has 0 aromatic heterocycles. The highest BCUT2D eigenvalue weighted by molar-refractivity contribution is 7.98. The molecule has 2 aromatic rings. The van der Waals surface area contributed by atoms with Crippen LogP contribution in [-0.2, 0) is 6.18 Å². The van der Waals surface area contributed by atoms with Crippen LogP contribution >= 0.6 is 23.5 Å². The number of hydrogen-bond acceptors (Lipinski definition) is 5. The highest BCUT2D eigenvalue weighted by Gasteiger charge is 2.35. The van der Waals surface area contributed by atoms with Gasteiger partial charge in [-0.2, -0.15) is 17.6 Å². The van der Waals surface area contributed by atoms with Gasteiger partial charge in [0.15, 0.2) is 0 Å². The van der Waals surface area contributed by atoms with Crippen LogP contribution in [0.1, 0.15) is 11.1 Å². The molecule has 0 saturated carbocycles. The lowest BCUT2D eigenvalue weighted by atomic mass is 10.0. The molecular formula is C19H16ClF5N6OS. The molecule has 2 aromatic carbocycles. The maximum atomic E-state index is 14.5. The molecule has 2 rings (SSSR count). The van der Waals surface area contributed by atoms with Crippen LogP contribution in [-0.4, -0.2) is 12.3 Å². The van der Waals surface area contributed by atoms with Crippen LogP contribution in [0.4, 0.5) is 22.0 Å². The van der Waals surface area contributed by atoms with Gasteiger partial charge in [0.25, 0.3) is 0 Å². The fourth-order valence-corrected chi connectivity index (χ4v) is 3.22. The van der Waals surface area contributed by atoms with Gasteiger partial charge < -0.3 is 27.7 Å². The maximum Gasteiger partial charge on any atom is 0.419 e. The van der Waals surface area contributed by atoms with E-state index in [1.807, 2.05) is 0 Å². The molecule has 0 fully saturated rings. The number of guanidine groups is 1. The second-order valence-corrected chi connectivity index (χ2v) is 7.15. The van der Waals surface area contributed by atoms with Gasteiger partial charge in [-0.25, -0.2) is 13.8 Å². The number of hydrogen-bond donors (Lipinski definition) is 4. The van der Waals surface area contributed by atoms with Crippen molar-refractivity contribution in [2.45, 2.75) is 11.1 Å². The number of allylic oxidation sites excluding steroid dienone is 2. The molecule has 0 spiro atoms. The van der Waals surface area contributed by atoms with Crippen LogP contribution < -0.4 is 27.7 Å². The summed E-state index contributed by atoms with van der Waals surface area (Å²) < 4.78 is 77.5. The average molecular weight is 507 g/mol. The van der Waals surface area contributed by atoms with Crippen LogP contribution in [0.3, 0.4) is 0 Å². The number of alkyl halides is 3. The third kappa shape index (κ3) is 6.52. The van der Waals surface area contributed by atoms with E-state index in [2.05, 4.69) is 9.39 Å². The van der Waals surface area contributed by atoms with Crippen molar-refractivity contribution >= 4 is 41.4 Å². The van der Waals surface area contributed by atoms with E-state index in [-0.39, 0.29) is 32.8 Å². The first-order valence-electron chi connectivity index (χ1n) is 8.64. The van der Waals surface area contributed by atoms with Crippen LogP contribution in [0.5, 0.6) is 11.5 Å². The summed E-state index contributed by atoms with van der Waals surface area (Å²) in [5.41, 5.74) is 19.4. The highest BCUT2D eigenvalue weighted by Crippen LogP contribution is 2.41. The summed E-state index contributed by atoms with van der Waals surface area (Å²) in [4.78, 5) is 3.41. The Kier molecular flexibility index (Phi) is 8.54. The van der Waals surface area contributed by atoms with Gasteiger partial charge in [-0.15, -0.1) is 0 Å². The first kappa shape index (κ1) is 25.8. The molecule has 33 heavy (non-hydrogen) atoms. The van der Waals surface area contributed by atoms with E-state index in [9.17, 15) is 22.0 Å². The third-order valence-corrected chi connectivity index (χ3v) is 4.87. The van der Waals surface area contributed by atoms with E-state index in [0.717, 1.165) is 30.9 Å². The van der Waals surface area contributed by atoms with Crippen LogP contribution in [0.25, 0.3) is 5.57 Å². The van der Waals surface area contributed by atoms with Crippen LogP contribution in [0.2, 0.25) is 5.02 Å². The number of halogens is 6. The standard InChI is InChI=1S/C19H16ClF5N6OS/c20-12-4-17(33-31-18(29)30-8-28)14(22)6-16(12)32-15-5-13(21)11(19(23,24)25)3-10(15)9(7-27)1-2-26/h1-8H,26-27H2,(H4,28,29,30,31)/b2-1-,9-7+. The summed E-state index contributed by atoms with van der Waals surface area (Å²) in [6.45, 7) is 0. The number of nitrogens with zero attached hydrogens (tertiary/aromatic N) is 2. The Bertz CT molecular complexity index is 1150. The lowest BCUT2D eigenvalue weighted by Crippen LogP contribution is -2.10. The molecule has 0 amide bonds. The molecule has 0 aliphatic carbocycles. The number of aliphatic imine (C=N–C) groups is 1. The summed E-state index contributed by atoms with van der Waals surface area (Å²) >= 11 is 6.71. The topological polar surface area (TPSA) is 138 Å². The molecule has 0 unspecified atom stereocenters. The summed E-state index contributed by atoms with van der Waals surface area (Å²) in [5.74, 6) is -3.46. The van der Waals surface area contributed by atoms with Gasteiger partial charge in [-0.1, -0.05) is 11.6 Å². The van der Waals surface area contributed by atoms with Crippen molar-refractivity contribution in [2.24, 2.45) is 32.3 Å². The zero-order valence-corrected chi connectivity index (χ0v) is 18.0. The monoisotopic (exact) mass is 506 g/mol. The molecule has 0 saturated heterocycles. The Labute approximate surface area is 193 Å². The van der Waals surface area contributed by atoms with Gasteiger partial charge in [0.2, 0.25) is 5.96 Å². The van der Waals surface area contributed by atoms with Crippen molar-refractivity contribution in [3.05, 3.63) is 70.5 Å². The van der Waals surface area contributed by atoms with E-state index >= 15 is 0 Å². The Hall–Kier alpha value is -3.45. The van der Waals surface area contributed by atoms with Crippen molar-refractivity contribution in [1.82, 2.24) is 0 Å². The molecule has 176 valence electrons. The fourth-order valence-electron chi connectivity index (χ4n) is 2.39. The van der Waals surface area contributed by atoms with E-state index in [1.165, 1.54) is 6.08 Å². The largest absolute Gasteiger partial charge is 0.455 e. The second kappa shape index (κ2) is 10.9. The second-order valence-electron chi connectivity index (χ2n) is 5.94. The molecule has 7 nitrogen and oxygen atoms in total. The van der Waals surface area contributed by atoms with Gasteiger partial charge in [0, 0.05) is 41.4 Å². The number of rotatable bonds is 6. The SMILES string of the molecule is N/C=C\C(=C/N)c1cc(C(F)(F)F)c(F)cc1Oc1cc(F)c(S/N=C(N)\N=C/N)cc1Cl. The molecule has 14 heteroatoms. The Balaban J connectivity index is 2.54. The molecule has 0 atom stereocenters. The van der Waals surface area contributed by atoms with Crippen LogP contribution in [0, 0.1) is 11.6 Å². The van der Waals surface area contributed by atoms with Gasteiger partial charge in [-0.3, -0.25) is 0 Å². The van der Waals surface area contributed by atoms with E-state index < -0.39 is 29.1 Å². The van der Waals surface area contributed by atoms with Crippen LogP contribution in [0.15, 0.2) is 57.0 Å². The molecule has 8 N–H and O–H groups in total. The van der Waals surface area contributed by atoms with E-state index in [1.54, 1.807) is 0 Å². The normalized spacial score (nSPS) is 13.3. The molecule has 0 bridgehead atoms. The Morgan fingerprint density at radius 2 is 1.70 bits per heavy atom. The Morgan fingerprint density at radius 1 is 1.03 bits per heavy atom. The summed E-state index contributed by atoms with van der Waals surface area (Å²) in [7, 11) is 0. The predicted molar refractivity (Wildman–Crippen MR) is 119 cm³/mol. The first-order valence-corrected chi connectivity index (χ1v) is 9.79. The van der Waals surface area contributed by atoms with E-state index in [0.29, 0.717) is 24.1 Å². The van der Waals surface area contributed by atoms with Gasteiger partial charge in [0.1, 0.15) is 23.1 Å². The lowest BCUT2D eigenvalue weighted by molar-refractivity contribution is -0.140. The summed E-state index contributed by atoms with van der Waals surface area (Å²) in [6.07, 6.45) is -0.975. The number of nitrogens with two attached hydrogens (primary N) is 4. The average Bonchev–Trinajstić information content (AvgIpc) is 2.73. The zero-order chi connectivity index (χ0) is 24.8. The van der Waals surface area contributed by atoms with Crippen molar-refractivity contribution in [3.63, 3.8) is 0 Å². The maximum absolute atomic E-state index is 14.5. The minimum Gasteiger partial charge on any atom is -0.455 e. The van der Waals surface area contributed by atoms with Crippen molar-refractivity contribution in [3.8, 4) is 11.5 Å². The minimum absolute atomic E-state index is 0.0213. The number of benzene rings is 2. The fraction of sp³-hybridized carbons (Fsp3) is 0.0526. The quantitative estimate of drug-likeness (QED) is 0.149. The lowest BCUT2D eigenvalue weighted by Gasteiger charge is -2.17. The predicted octanol–water partition coefficient (Wildman–Crippen LogP) is 4.51. The third-order valence-electron chi connectivity index (χ3n) is 3.79. The smallest absolute Gasteiger partial charge is 0.419 e. The molecular weight excluding hydrogens is 491 g/mol. The van der Waals surface area contributed by atoms with Crippen molar-refractivity contribution in [2.75, 3.05) is 0 Å². The molecule has 0 heterocycles. The molecule has 0 radical (unpaired) electrons. The molecule has 0 aliphatic rings. The highest BCUT2D eigenvalue weighted by atomic mass is 35.5. The summed E-state index contributed by atoms with van der Waals surface area (Å²) in [5, 5.41) is -0.158. The van der Waals surface area contributed by atoms with E-state index in [4.69, 9.17) is 39.3 Å². The van der Waals surface area contributed by atoms with Crippen molar-refractivity contribution in [1.29, 1.82) is 0 Å². The molecule has 0 aliphatic heterocycles. The minimum atomic E-state index is -5.00. The number of ether oxygens (including phenoxy) is 1. The zero-order valence-electron chi connectivity index (χ0n) is 16.4. The Morgan fingerprint density at radius 3 is 2.27 bits per heavy atom. The van der Waals surface area contributed by atoms with Gasteiger partial charge in [-0.05, 0) is 24.4 Å². The van der Waals surface area contributed by atoms with Crippen molar-refractivity contribution < 1.29 is 26.7 Å². The van der Waals surface area contributed by atoms with Gasteiger partial charge in [0.05, 0.1) is 21.8 Å². The first-order chi connectivity index (χ1) is 15.5.